The molecule has 0 bridgehead atoms. The Labute approximate surface area is 124 Å². The van der Waals surface area contributed by atoms with E-state index in [2.05, 4.69) is 11.4 Å². The maximum Gasteiger partial charge on any atom is 0.248 e. The average molecular weight is 287 g/mol. The van der Waals surface area contributed by atoms with E-state index in [1.807, 2.05) is 23.1 Å². The molecule has 1 N–H and O–H groups in total. The molecule has 5 heteroatoms. The highest BCUT2D eigenvalue weighted by atomic mass is 16.2. The summed E-state index contributed by atoms with van der Waals surface area (Å²) in [6.07, 6.45) is 2.32. The number of nitrogens with zero attached hydrogens (tertiary/aromatic N) is 2. The molecule has 1 unspecified atom stereocenters. The Morgan fingerprint density at radius 1 is 1.14 bits per heavy atom. The van der Waals surface area contributed by atoms with Gasteiger partial charge in [-0.3, -0.25) is 14.5 Å². The predicted octanol–water partition coefficient (Wildman–Crippen LogP) is 0.959. The zero-order valence-electron chi connectivity index (χ0n) is 12.3. The number of likely N-dealkylation sites (N-methyl/N-ethyl adjacent to an activating group) is 1. The van der Waals surface area contributed by atoms with Crippen molar-refractivity contribution in [2.24, 2.45) is 0 Å². The largest absolute Gasteiger partial charge is 0.353 e. The van der Waals surface area contributed by atoms with Crippen LogP contribution in [0.3, 0.4) is 0 Å². The van der Waals surface area contributed by atoms with Crippen LogP contribution in [0.25, 0.3) is 0 Å². The van der Waals surface area contributed by atoms with E-state index in [0.717, 1.165) is 25.2 Å². The number of para-hydroxylation sites is 1. The smallest absolute Gasteiger partial charge is 0.248 e. The molecule has 0 radical (unpaired) electrons. The van der Waals surface area contributed by atoms with Gasteiger partial charge in [-0.15, -0.1) is 0 Å². The first-order valence-corrected chi connectivity index (χ1v) is 7.51. The predicted molar refractivity (Wildman–Crippen MR) is 81.3 cm³/mol. The summed E-state index contributed by atoms with van der Waals surface area (Å²) in [7, 11) is 1.55. The fourth-order valence-electron chi connectivity index (χ4n) is 3.14. The van der Waals surface area contributed by atoms with E-state index in [4.69, 9.17) is 0 Å². The fourth-order valence-corrected chi connectivity index (χ4v) is 3.14. The van der Waals surface area contributed by atoms with Gasteiger partial charge in [0, 0.05) is 19.3 Å². The monoisotopic (exact) mass is 287 g/mol. The fraction of sp³-hybridized carbons (Fsp3) is 0.500. The van der Waals surface area contributed by atoms with E-state index in [9.17, 15) is 9.59 Å². The third kappa shape index (κ3) is 2.78. The van der Waals surface area contributed by atoms with Gasteiger partial charge < -0.3 is 10.2 Å². The molecule has 21 heavy (non-hydrogen) atoms. The Hall–Kier alpha value is -1.88. The Morgan fingerprint density at radius 3 is 2.52 bits per heavy atom. The molecular weight excluding hydrogens is 266 g/mol. The molecule has 112 valence electrons. The van der Waals surface area contributed by atoms with Crippen LogP contribution in [0.1, 0.15) is 24.3 Å². The van der Waals surface area contributed by atoms with Crippen molar-refractivity contribution in [2.75, 3.05) is 38.1 Å². The van der Waals surface area contributed by atoms with Gasteiger partial charge in [0.1, 0.15) is 0 Å². The summed E-state index contributed by atoms with van der Waals surface area (Å²) in [5.74, 6) is 0.186. The molecule has 1 aromatic rings. The number of carbonyl (C=O) groups excluding carboxylic acids is 2. The van der Waals surface area contributed by atoms with Crippen LogP contribution in [0.15, 0.2) is 24.3 Å². The average Bonchev–Trinajstić information content (AvgIpc) is 2.53. The van der Waals surface area contributed by atoms with Gasteiger partial charge in [0.2, 0.25) is 11.8 Å². The van der Waals surface area contributed by atoms with Gasteiger partial charge in [0.25, 0.3) is 0 Å². The molecule has 1 aromatic carbocycles. The van der Waals surface area contributed by atoms with Gasteiger partial charge in [0.05, 0.1) is 13.1 Å². The Balaban J connectivity index is 1.88. The lowest BCUT2D eigenvalue weighted by Gasteiger charge is -2.35. The van der Waals surface area contributed by atoms with Crippen molar-refractivity contribution >= 4 is 17.5 Å². The second-order valence-corrected chi connectivity index (χ2v) is 5.80. The number of carbonyl (C=O) groups is 2. The Bertz CT molecular complexity index is 534. The number of anilines is 1. The molecule has 2 aliphatic heterocycles. The number of piperazine rings is 1. The van der Waals surface area contributed by atoms with Gasteiger partial charge in [-0.25, -0.2) is 0 Å². The normalized spacial score (nSPS) is 23.6. The maximum absolute atomic E-state index is 11.9. The number of imide groups is 1. The van der Waals surface area contributed by atoms with Crippen LogP contribution < -0.4 is 10.2 Å². The summed E-state index contributed by atoms with van der Waals surface area (Å²) in [6.45, 7) is 2.59. The standard InChI is InChI=1S/C16H21N3O2/c1-18-15(20)10-19(11-16(18)21)14-7-3-2-6-13(14)12-5-4-8-17-9-12/h2-3,6-7,12,17H,4-5,8-11H2,1H3. The molecule has 2 aliphatic rings. The summed E-state index contributed by atoms with van der Waals surface area (Å²) in [5, 5.41) is 3.43. The van der Waals surface area contributed by atoms with Gasteiger partial charge >= 0.3 is 0 Å². The van der Waals surface area contributed by atoms with Crippen LogP contribution >= 0.6 is 0 Å². The number of amides is 2. The topological polar surface area (TPSA) is 52.7 Å². The SMILES string of the molecule is CN1C(=O)CN(c2ccccc2C2CCCNC2)CC1=O. The van der Waals surface area contributed by atoms with Crippen LogP contribution in [0.5, 0.6) is 0 Å². The van der Waals surface area contributed by atoms with Crippen molar-refractivity contribution in [2.45, 2.75) is 18.8 Å². The third-order valence-electron chi connectivity index (χ3n) is 4.41. The van der Waals surface area contributed by atoms with Crippen molar-refractivity contribution < 1.29 is 9.59 Å². The van der Waals surface area contributed by atoms with E-state index >= 15 is 0 Å². The lowest BCUT2D eigenvalue weighted by molar-refractivity contribution is -0.143. The molecule has 2 saturated heterocycles. The van der Waals surface area contributed by atoms with E-state index in [1.54, 1.807) is 7.05 Å². The van der Waals surface area contributed by atoms with Crippen LogP contribution in [0.4, 0.5) is 5.69 Å². The van der Waals surface area contributed by atoms with Gasteiger partial charge in [-0.2, -0.15) is 0 Å². The van der Waals surface area contributed by atoms with E-state index < -0.39 is 0 Å². The summed E-state index contributed by atoms with van der Waals surface area (Å²) < 4.78 is 0. The van der Waals surface area contributed by atoms with Crippen LogP contribution in [-0.2, 0) is 9.59 Å². The lowest BCUT2D eigenvalue weighted by Crippen LogP contribution is -2.52. The molecule has 0 aromatic heterocycles. The first-order valence-electron chi connectivity index (χ1n) is 7.51. The Kier molecular flexibility index (Phi) is 3.92. The molecule has 3 rings (SSSR count). The molecule has 1 atom stereocenters. The molecule has 0 spiro atoms. The second-order valence-electron chi connectivity index (χ2n) is 5.80. The summed E-state index contributed by atoms with van der Waals surface area (Å²) in [4.78, 5) is 27.0. The number of benzene rings is 1. The number of nitrogens with one attached hydrogen (secondary N) is 1. The molecule has 2 fully saturated rings. The van der Waals surface area contributed by atoms with Crippen LogP contribution in [-0.4, -0.2) is 49.9 Å². The van der Waals surface area contributed by atoms with Gasteiger partial charge in [-0.05, 0) is 36.9 Å². The van der Waals surface area contributed by atoms with Crippen molar-refractivity contribution in [3.63, 3.8) is 0 Å². The zero-order chi connectivity index (χ0) is 14.8. The van der Waals surface area contributed by atoms with Gasteiger partial charge in [-0.1, -0.05) is 18.2 Å². The maximum atomic E-state index is 11.9. The molecule has 5 nitrogen and oxygen atoms in total. The van der Waals surface area contributed by atoms with Crippen molar-refractivity contribution in [3.05, 3.63) is 29.8 Å². The lowest BCUT2D eigenvalue weighted by atomic mass is 9.90. The molecule has 2 amide bonds. The molecule has 2 heterocycles. The highest BCUT2D eigenvalue weighted by Gasteiger charge is 2.30. The highest BCUT2D eigenvalue weighted by molar-refractivity contribution is 6.02. The molecule has 0 aliphatic carbocycles. The van der Waals surface area contributed by atoms with Crippen LogP contribution in [0.2, 0.25) is 0 Å². The summed E-state index contributed by atoms with van der Waals surface area (Å²) >= 11 is 0. The minimum Gasteiger partial charge on any atom is -0.353 e. The third-order valence-corrected chi connectivity index (χ3v) is 4.41. The van der Waals surface area contributed by atoms with E-state index in [1.165, 1.54) is 16.9 Å². The molecule has 0 saturated carbocycles. The first kappa shape index (κ1) is 14.1. The number of piperidine rings is 1. The van der Waals surface area contributed by atoms with Crippen molar-refractivity contribution in [3.8, 4) is 0 Å². The Morgan fingerprint density at radius 2 is 1.86 bits per heavy atom. The van der Waals surface area contributed by atoms with Crippen molar-refractivity contribution in [1.82, 2.24) is 10.2 Å². The second kappa shape index (κ2) is 5.85. The summed E-state index contributed by atoms with van der Waals surface area (Å²) in [6, 6.07) is 8.16. The quantitative estimate of drug-likeness (QED) is 0.823. The van der Waals surface area contributed by atoms with Crippen molar-refractivity contribution in [1.29, 1.82) is 0 Å². The number of hydrogen-bond donors (Lipinski definition) is 1. The van der Waals surface area contributed by atoms with Gasteiger partial charge in [0.15, 0.2) is 0 Å². The first-order chi connectivity index (χ1) is 10.2. The van der Waals surface area contributed by atoms with E-state index in [0.29, 0.717) is 5.92 Å². The number of rotatable bonds is 2. The number of hydrogen-bond acceptors (Lipinski definition) is 4. The van der Waals surface area contributed by atoms with Crippen LogP contribution in [0, 0.1) is 0 Å². The minimum absolute atomic E-state index is 0.136. The zero-order valence-corrected chi connectivity index (χ0v) is 12.3. The molecular formula is C16H21N3O2. The summed E-state index contributed by atoms with van der Waals surface area (Å²) in [5.41, 5.74) is 2.27. The highest BCUT2D eigenvalue weighted by Crippen LogP contribution is 2.32. The van der Waals surface area contributed by atoms with E-state index in [-0.39, 0.29) is 24.9 Å². The minimum atomic E-state index is -0.136.